The fourth-order valence-electron chi connectivity index (χ4n) is 0.630. The van der Waals surface area contributed by atoms with E-state index in [2.05, 4.69) is 0 Å². The highest BCUT2D eigenvalue weighted by molar-refractivity contribution is 6.36. The third-order valence-electron chi connectivity index (χ3n) is 1.19. The zero-order valence-corrected chi connectivity index (χ0v) is 5.92. The van der Waals surface area contributed by atoms with Crippen LogP contribution in [0.15, 0.2) is 0 Å². The second kappa shape index (κ2) is 1.97. The van der Waals surface area contributed by atoms with E-state index in [1.165, 1.54) is 0 Å². The van der Waals surface area contributed by atoms with Crippen LogP contribution in [0.5, 0.6) is 0 Å². The van der Waals surface area contributed by atoms with Crippen LogP contribution in [0.2, 0.25) is 0 Å². The molecule has 0 spiro atoms. The molecule has 0 aliphatic carbocycles. The van der Waals surface area contributed by atoms with E-state index in [4.69, 9.17) is 14.3 Å². The molecule has 1 rings (SSSR count). The maximum absolute atomic E-state index is 8.54. The lowest BCUT2D eigenvalue weighted by Gasteiger charge is -2.38. The zero-order valence-electron chi connectivity index (χ0n) is 5.92. The van der Waals surface area contributed by atoms with Crippen molar-refractivity contribution < 1.29 is 14.3 Å². The molecule has 0 aromatic rings. The van der Waals surface area contributed by atoms with Gasteiger partial charge in [0.15, 0.2) is 0 Å². The highest BCUT2D eigenvalue weighted by Crippen LogP contribution is 2.29. The van der Waals surface area contributed by atoms with Crippen LogP contribution < -0.4 is 0 Å². The van der Waals surface area contributed by atoms with Gasteiger partial charge in [0.1, 0.15) is 6.29 Å². The van der Waals surface area contributed by atoms with Crippen LogP contribution in [-0.2, 0) is 9.31 Å². The maximum atomic E-state index is 8.54. The minimum Gasteiger partial charge on any atom is -0.401 e. The van der Waals surface area contributed by atoms with Crippen molar-refractivity contribution in [2.75, 3.05) is 0 Å². The van der Waals surface area contributed by atoms with Crippen LogP contribution in [0, 0.1) is 5.41 Å². The standard InChI is InChI=1S/C5H11BO3/c1-5(2,3)4-8-6(7)9-4/h4,7H,1-3H3. The third-order valence-corrected chi connectivity index (χ3v) is 1.19. The summed E-state index contributed by atoms with van der Waals surface area (Å²) in [5, 5.41) is 8.54. The lowest BCUT2D eigenvalue weighted by atomic mass is 9.92. The lowest BCUT2D eigenvalue weighted by Crippen LogP contribution is -2.51. The molecule has 0 saturated carbocycles. The zero-order chi connectivity index (χ0) is 7.07. The predicted molar refractivity (Wildman–Crippen MR) is 33.4 cm³/mol. The molecule has 1 heterocycles. The van der Waals surface area contributed by atoms with Crippen molar-refractivity contribution in [3.8, 4) is 0 Å². The Morgan fingerprint density at radius 3 is 1.89 bits per heavy atom. The van der Waals surface area contributed by atoms with Crippen molar-refractivity contribution in [1.29, 1.82) is 0 Å². The third kappa shape index (κ3) is 1.44. The van der Waals surface area contributed by atoms with E-state index in [1.807, 2.05) is 20.8 Å². The van der Waals surface area contributed by atoms with Gasteiger partial charge in [-0.25, -0.2) is 0 Å². The van der Waals surface area contributed by atoms with Gasteiger partial charge in [0.05, 0.1) is 0 Å². The Hall–Kier alpha value is -0.0551. The van der Waals surface area contributed by atoms with Gasteiger partial charge < -0.3 is 14.3 Å². The first-order chi connectivity index (χ1) is 4.00. The van der Waals surface area contributed by atoms with E-state index in [1.54, 1.807) is 0 Å². The van der Waals surface area contributed by atoms with Crippen LogP contribution in [0.3, 0.4) is 0 Å². The van der Waals surface area contributed by atoms with Crippen molar-refractivity contribution in [3.63, 3.8) is 0 Å². The molecule has 0 aromatic carbocycles. The second-order valence-electron chi connectivity index (χ2n) is 3.28. The Morgan fingerprint density at radius 1 is 1.33 bits per heavy atom. The number of rotatable bonds is 0. The molecule has 0 radical (unpaired) electrons. The fourth-order valence-corrected chi connectivity index (χ4v) is 0.630. The Balaban J connectivity index is 2.32. The maximum Gasteiger partial charge on any atom is 0.640 e. The molecule has 4 heteroatoms. The van der Waals surface area contributed by atoms with E-state index in [0.717, 1.165) is 0 Å². The van der Waals surface area contributed by atoms with E-state index in [0.29, 0.717) is 0 Å². The molecule has 1 N–H and O–H groups in total. The summed E-state index contributed by atoms with van der Waals surface area (Å²) in [5.74, 6) is 0. The minimum atomic E-state index is -0.991. The van der Waals surface area contributed by atoms with E-state index in [9.17, 15) is 0 Å². The second-order valence-corrected chi connectivity index (χ2v) is 3.28. The number of hydrogen-bond acceptors (Lipinski definition) is 3. The molecule has 1 fully saturated rings. The smallest absolute Gasteiger partial charge is 0.401 e. The van der Waals surface area contributed by atoms with Gasteiger partial charge in [-0.2, -0.15) is 0 Å². The molecule has 1 saturated heterocycles. The van der Waals surface area contributed by atoms with Crippen LogP contribution in [0.1, 0.15) is 20.8 Å². The lowest BCUT2D eigenvalue weighted by molar-refractivity contribution is -0.197. The Bertz CT molecular complexity index is 103. The molecule has 3 nitrogen and oxygen atoms in total. The van der Waals surface area contributed by atoms with Gasteiger partial charge in [0.25, 0.3) is 0 Å². The molecule has 0 amide bonds. The summed E-state index contributed by atoms with van der Waals surface area (Å²) >= 11 is 0. The molecule has 9 heavy (non-hydrogen) atoms. The SMILES string of the molecule is CC(C)(C)C1OB(O)O1. The average molecular weight is 130 g/mol. The van der Waals surface area contributed by atoms with E-state index in [-0.39, 0.29) is 11.7 Å². The summed E-state index contributed by atoms with van der Waals surface area (Å²) in [6.45, 7) is 5.97. The quantitative estimate of drug-likeness (QED) is 0.481. The first-order valence-corrected chi connectivity index (χ1v) is 2.99. The van der Waals surface area contributed by atoms with Gasteiger partial charge in [0.2, 0.25) is 0 Å². The first-order valence-electron chi connectivity index (χ1n) is 2.99. The Morgan fingerprint density at radius 2 is 1.78 bits per heavy atom. The van der Waals surface area contributed by atoms with Crippen molar-refractivity contribution in [3.05, 3.63) is 0 Å². The molecule has 52 valence electrons. The molecular formula is C5H11BO3. The normalized spacial score (nSPS) is 22.0. The van der Waals surface area contributed by atoms with Gasteiger partial charge in [-0.05, 0) is 0 Å². The summed E-state index contributed by atoms with van der Waals surface area (Å²) in [7, 11) is -0.991. The highest BCUT2D eigenvalue weighted by Gasteiger charge is 2.43. The van der Waals surface area contributed by atoms with Crippen molar-refractivity contribution in [2.45, 2.75) is 27.1 Å². The van der Waals surface area contributed by atoms with Crippen LogP contribution in [0.25, 0.3) is 0 Å². The Kier molecular flexibility index (Phi) is 1.55. The number of hydrogen-bond donors (Lipinski definition) is 1. The fraction of sp³-hybridized carbons (Fsp3) is 1.00. The van der Waals surface area contributed by atoms with Crippen LogP contribution in [-0.4, -0.2) is 18.6 Å². The summed E-state index contributed by atoms with van der Waals surface area (Å²) in [6.07, 6.45) is -0.243. The van der Waals surface area contributed by atoms with Crippen LogP contribution >= 0.6 is 0 Å². The van der Waals surface area contributed by atoms with Crippen molar-refractivity contribution >= 4 is 7.32 Å². The minimum absolute atomic E-state index is 0.0285. The summed E-state index contributed by atoms with van der Waals surface area (Å²) in [6, 6.07) is 0. The predicted octanol–water partition coefficient (Wildman–Crippen LogP) is 0.383. The molecule has 1 aliphatic rings. The van der Waals surface area contributed by atoms with Gasteiger partial charge in [-0.15, -0.1) is 0 Å². The Labute approximate surface area is 55.1 Å². The summed E-state index contributed by atoms with van der Waals surface area (Å²) < 4.78 is 9.67. The van der Waals surface area contributed by atoms with Crippen molar-refractivity contribution in [2.24, 2.45) is 5.41 Å². The van der Waals surface area contributed by atoms with Crippen LogP contribution in [0.4, 0.5) is 0 Å². The monoisotopic (exact) mass is 130 g/mol. The average Bonchev–Trinajstić information content (AvgIpc) is 1.55. The van der Waals surface area contributed by atoms with Gasteiger partial charge >= 0.3 is 7.32 Å². The molecule has 0 aromatic heterocycles. The topological polar surface area (TPSA) is 38.7 Å². The summed E-state index contributed by atoms with van der Waals surface area (Å²) in [5.41, 5.74) is -0.0285. The highest BCUT2D eigenvalue weighted by atomic mass is 16.8. The molecule has 0 bridgehead atoms. The molecule has 1 aliphatic heterocycles. The van der Waals surface area contributed by atoms with Gasteiger partial charge in [0, 0.05) is 5.41 Å². The van der Waals surface area contributed by atoms with Gasteiger partial charge in [-0.1, -0.05) is 20.8 Å². The molecule has 0 unspecified atom stereocenters. The summed E-state index contributed by atoms with van der Waals surface area (Å²) in [4.78, 5) is 0. The molecular weight excluding hydrogens is 119 g/mol. The van der Waals surface area contributed by atoms with E-state index >= 15 is 0 Å². The van der Waals surface area contributed by atoms with E-state index < -0.39 is 7.32 Å². The largest absolute Gasteiger partial charge is 0.640 e. The van der Waals surface area contributed by atoms with Gasteiger partial charge in [-0.3, -0.25) is 0 Å². The first kappa shape index (κ1) is 7.06. The molecule has 0 atom stereocenters. The van der Waals surface area contributed by atoms with Crippen molar-refractivity contribution in [1.82, 2.24) is 0 Å².